The molecule has 0 spiro atoms. The molecule has 1 aliphatic heterocycles. The van der Waals surface area contributed by atoms with Gasteiger partial charge in [-0.25, -0.2) is 4.79 Å². The molecule has 7 nitrogen and oxygen atoms in total. The number of halogens is 1. The quantitative estimate of drug-likeness (QED) is 0.196. The van der Waals surface area contributed by atoms with Gasteiger partial charge in [0.1, 0.15) is 18.1 Å². The summed E-state index contributed by atoms with van der Waals surface area (Å²) in [6.07, 6.45) is 1.68. The Hall–Kier alpha value is -3.05. The van der Waals surface area contributed by atoms with Gasteiger partial charge in [-0.3, -0.25) is 14.5 Å². The SMILES string of the molecule is COC(=O)c1ccc(CN2C(=O)S/C(=C/c3ccc(OCc4cccc(C)c4)c(I)c3)C2=O)o1. The lowest BCUT2D eigenvalue weighted by atomic mass is 10.1. The summed E-state index contributed by atoms with van der Waals surface area (Å²) in [7, 11) is 1.25. The summed E-state index contributed by atoms with van der Waals surface area (Å²) in [5.74, 6) is 0.0292. The number of furan rings is 1. The van der Waals surface area contributed by atoms with Crippen molar-refractivity contribution in [2.75, 3.05) is 7.11 Å². The molecule has 0 aliphatic carbocycles. The first-order chi connectivity index (χ1) is 16.3. The van der Waals surface area contributed by atoms with E-state index in [0.717, 1.165) is 37.1 Å². The second kappa shape index (κ2) is 10.5. The van der Waals surface area contributed by atoms with Crippen molar-refractivity contribution < 1.29 is 28.3 Å². The molecule has 0 bridgehead atoms. The van der Waals surface area contributed by atoms with Crippen LogP contribution in [0.1, 0.15) is 33.0 Å². The molecule has 34 heavy (non-hydrogen) atoms. The van der Waals surface area contributed by atoms with Crippen LogP contribution in [0.2, 0.25) is 0 Å². The van der Waals surface area contributed by atoms with Crippen molar-refractivity contribution in [3.8, 4) is 5.75 Å². The summed E-state index contributed by atoms with van der Waals surface area (Å²) in [5.41, 5.74) is 3.05. The molecule has 0 unspecified atom stereocenters. The number of carbonyl (C=O) groups is 3. The second-order valence-corrected chi connectivity index (χ2v) is 9.65. The number of carbonyl (C=O) groups excluding carboxylic acids is 3. The molecule has 0 N–H and O–H groups in total. The van der Waals surface area contributed by atoms with Gasteiger partial charge in [-0.1, -0.05) is 35.9 Å². The maximum atomic E-state index is 12.8. The van der Waals surface area contributed by atoms with E-state index in [4.69, 9.17) is 9.15 Å². The molecule has 0 radical (unpaired) electrons. The van der Waals surface area contributed by atoms with Gasteiger partial charge < -0.3 is 13.9 Å². The Morgan fingerprint density at radius 2 is 1.97 bits per heavy atom. The molecule has 1 aliphatic rings. The molecule has 9 heteroatoms. The lowest BCUT2D eigenvalue weighted by Crippen LogP contribution is -2.27. The molecule has 1 aromatic heterocycles. The Kier molecular flexibility index (Phi) is 7.42. The largest absolute Gasteiger partial charge is 0.488 e. The first-order valence-corrected chi connectivity index (χ1v) is 12.1. The Labute approximate surface area is 214 Å². The monoisotopic (exact) mass is 589 g/mol. The summed E-state index contributed by atoms with van der Waals surface area (Å²) in [6.45, 7) is 2.43. The third-order valence-corrected chi connectivity index (χ3v) is 6.72. The van der Waals surface area contributed by atoms with Crippen molar-refractivity contribution in [3.05, 3.63) is 91.3 Å². The van der Waals surface area contributed by atoms with Crippen molar-refractivity contribution in [1.82, 2.24) is 4.90 Å². The van der Waals surface area contributed by atoms with Crippen molar-refractivity contribution in [1.29, 1.82) is 0 Å². The van der Waals surface area contributed by atoms with Crippen LogP contribution < -0.4 is 4.74 Å². The third kappa shape index (κ3) is 5.53. The van der Waals surface area contributed by atoms with Gasteiger partial charge in [0.25, 0.3) is 11.1 Å². The van der Waals surface area contributed by atoms with Crippen LogP contribution in [-0.4, -0.2) is 29.1 Å². The molecule has 0 atom stereocenters. The van der Waals surface area contributed by atoms with E-state index in [1.165, 1.54) is 24.8 Å². The maximum Gasteiger partial charge on any atom is 0.373 e. The molecule has 1 fully saturated rings. The van der Waals surface area contributed by atoms with Gasteiger partial charge >= 0.3 is 5.97 Å². The van der Waals surface area contributed by atoms with Crippen molar-refractivity contribution in [2.45, 2.75) is 20.1 Å². The smallest absolute Gasteiger partial charge is 0.373 e. The van der Waals surface area contributed by atoms with E-state index >= 15 is 0 Å². The number of thioether (sulfide) groups is 1. The molecule has 2 amide bonds. The maximum absolute atomic E-state index is 12.8. The lowest BCUT2D eigenvalue weighted by molar-refractivity contribution is -0.123. The molecule has 4 rings (SSSR count). The van der Waals surface area contributed by atoms with Crippen molar-refractivity contribution in [3.63, 3.8) is 0 Å². The number of aryl methyl sites for hydroxylation is 1. The molecule has 1 saturated heterocycles. The van der Waals surface area contributed by atoms with E-state index in [2.05, 4.69) is 33.4 Å². The number of hydrogen-bond donors (Lipinski definition) is 0. The number of benzene rings is 2. The van der Waals surface area contributed by atoms with Crippen LogP contribution in [0.4, 0.5) is 4.79 Å². The van der Waals surface area contributed by atoms with E-state index in [-0.39, 0.29) is 12.3 Å². The molecular weight excluding hydrogens is 569 g/mol. The summed E-state index contributed by atoms with van der Waals surface area (Å²) in [4.78, 5) is 38.2. The highest BCUT2D eigenvalue weighted by Gasteiger charge is 2.35. The number of rotatable bonds is 7. The average molecular weight is 589 g/mol. The predicted molar refractivity (Wildman–Crippen MR) is 136 cm³/mol. The molecule has 2 aromatic carbocycles. The Morgan fingerprint density at radius 3 is 2.71 bits per heavy atom. The van der Waals surface area contributed by atoms with E-state index in [1.807, 2.05) is 43.3 Å². The predicted octanol–water partition coefficient (Wildman–Crippen LogP) is 5.79. The zero-order valence-corrected chi connectivity index (χ0v) is 21.3. The Morgan fingerprint density at radius 1 is 1.15 bits per heavy atom. The van der Waals surface area contributed by atoms with Crippen LogP contribution in [0.5, 0.6) is 5.75 Å². The fourth-order valence-electron chi connectivity index (χ4n) is 3.30. The van der Waals surface area contributed by atoms with Crippen LogP contribution in [-0.2, 0) is 22.7 Å². The highest BCUT2D eigenvalue weighted by atomic mass is 127. The van der Waals surface area contributed by atoms with E-state index in [1.54, 1.807) is 6.08 Å². The number of imide groups is 1. The van der Waals surface area contributed by atoms with E-state index < -0.39 is 17.1 Å². The minimum atomic E-state index is -0.624. The summed E-state index contributed by atoms with van der Waals surface area (Å²) >= 11 is 3.05. The molecule has 0 saturated carbocycles. The Balaban J connectivity index is 1.43. The average Bonchev–Trinajstić information content (AvgIpc) is 3.38. The van der Waals surface area contributed by atoms with Crippen LogP contribution >= 0.6 is 34.4 Å². The topological polar surface area (TPSA) is 86.0 Å². The van der Waals surface area contributed by atoms with Crippen LogP contribution in [0.15, 0.2) is 63.9 Å². The third-order valence-electron chi connectivity index (χ3n) is 4.97. The zero-order valence-electron chi connectivity index (χ0n) is 18.4. The summed E-state index contributed by atoms with van der Waals surface area (Å²) in [5, 5.41) is -0.403. The second-order valence-electron chi connectivity index (χ2n) is 7.49. The van der Waals surface area contributed by atoms with Crippen molar-refractivity contribution in [2.24, 2.45) is 0 Å². The molecule has 3 aromatic rings. The van der Waals surface area contributed by atoms with Crippen molar-refractivity contribution >= 4 is 57.5 Å². The van der Waals surface area contributed by atoms with Gasteiger partial charge in [-0.15, -0.1) is 0 Å². The molecule has 174 valence electrons. The normalized spacial score (nSPS) is 14.7. The number of esters is 1. The van der Waals surface area contributed by atoms with E-state index in [9.17, 15) is 14.4 Å². The van der Waals surface area contributed by atoms with Gasteiger partial charge in [0, 0.05) is 0 Å². The standard InChI is InChI=1S/C25H20INO6S/c1-15-4-3-5-17(10-15)14-32-20-8-6-16(11-19(20)26)12-22-23(28)27(25(30)34-22)13-18-7-9-21(33-18)24(29)31-2/h3-12H,13-14H2,1-2H3/b22-12+. The minimum absolute atomic E-state index is 0.0132. The van der Waals surface area contributed by atoms with E-state index in [0.29, 0.717) is 17.3 Å². The van der Waals surface area contributed by atoms with Gasteiger partial charge in [-0.05, 0) is 82.7 Å². The lowest BCUT2D eigenvalue weighted by Gasteiger charge is -2.10. The fourth-order valence-corrected chi connectivity index (χ4v) is 4.84. The first-order valence-electron chi connectivity index (χ1n) is 10.2. The van der Waals surface area contributed by atoms with Gasteiger partial charge in [0.15, 0.2) is 0 Å². The van der Waals surface area contributed by atoms with Crippen LogP contribution in [0.25, 0.3) is 6.08 Å². The summed E-state index contributed by atoms with van der Waals surface area (Å²) in [6, 6.07) is 16.7. The summed E-state index contributed by atoms with van der Waals surface area (Å²) < 4.78 is 16.8. The first kappa shape index (κ1) is 24.1. The molecule has 2 heterocycles. The minimum Gasteiger partial charge on any atom is -0.488 e. The number of methoxy groups -OCH3 is 1. The highest BCUT2D eigenvalue weighted by Crippen LogP contribution is 2.34. The molecular formula is C25H20INO6S. The van der Waals surface area contributed by atoms with Gasteiger partial charge in [0.05, 0.1) is 22.1 Å². The Bertz CT molecular complexity index is 1300. The van der Waals surface area contributed by atoms with Gasteiger partial charge in [0.2, 0.25) is 5.76 Å². The van der Waals surface area contributed by atoms with Crippen LogP contribution in [0, 0.1) is 10.5 Å². The number of ether oxygens (including phenoxy) is 2. The number of hydrogen-bond acceptors (Lipinski definition) is 7. The zero-order chi connectivity index (χ0) is 24.2. The highest BCUT2D eigenvalue weighted by molar-refractivity contribution is 14.1. The number of amides is 2. The van der Waals surface area contributed by atoms with Crippen LogP contribution in [0.3, 0.4) is 0 Å². The van der Waals surface area contributed by atoms with Gasteiger partial charge in [-0.2, -0.15) is 0 Å². The number of nitrogens with zero attached hydrogens (tertiary/aromatic N) is 1. The fraction of sp³-hybridized carbons (Fsp3) is 0.160.